The molecular weight excluding hydrogens is 452 g/mol. The van der Waals surface area contributed by atoms with Crippen LogP contribution in [0.15, 0.2) is 107 Å². The average molecular weight is 481 g/mol. The molecule has 5 heteroatoms. The van der Waals surface area contributed by atoms with Crippen molar-refractivity contribution in [1.29, 1.82) is 0 Å². The van der Waals surface area contributed by atoms with Crippen molar-refractivity contribution in [2.75, 3.05) is 11.5 Å². The van der Waals surface area contributed by atoms with E-state index in [1.165, 1.54) is 0 Å². The lowest BCUT2D eigenvalue weighted by molar-refractivity contribution is 0.511. The summed E-state index contributed by atoms with van der Waals surface area (Å²) in [5.41, 5.74) is 3.05. The molecule has 2 atom stereocenters. The maximum absolute atomic E-state index is 11.4. The summed E-state index contributed by atoms with van der Waals surface area (Å²) in [7, 11) is 0. The van der Waals surface area contributed by atoms with Gasteiger partial charge < -0.3 is 0 Å². The minimum atomic E-state index is -0.605. The highest BCUT2D eigenvalue weighted by Crippen LogP contribution is 2.42. The van der Waals surface area contributed by atoms with Gasteiger partial charge in [-0.05, 0) is 59.5 Å². The van der Waals surface area contributed by atoms with E-state index < -0.39 is 11.1 Å². The zero-order valence-electron chi connectivity index (χ0n) is 19.6. The number of aliphatic imine (C=N–C) groups is 2. The second-order valence-electron chi connectivity index (χ2n) is 8.74. The van der Waals surface area contributed by atoms with Gasteiger partial charge in [-0.2, -0.15) is 21.7 Å². The summed E-state index contributed by atoms with van der Waals surface area (Å²) in [6.07, 6.45) is 18.8. The highest BCUT2D eigenvalue weighted by Gasteiger charge is 2.36. The summed E-state index contributed by atoms with van der Waals surface area (Å²) in [6.45, 7) is 0. The van der Waals surface area contributed by atoms with E-state index in [1.807, 2.05) is 60.7 Å². The zero-order chi connectivity index (χ0) is 24.4. The fourth-order valence-electron chi connectivity index (χ4n) is 4.91. The monoisotopic (exact) mass is 480 g/mol. The molecule has 0 heterocycles. The maximum atomic E-state index is 11.4. The van der Waals surface area contributed by atoms with Crippen LogP contribution in [0.4, 0.5) is 0 Å². The molecule has 0 N–H and O–H groups in total. The molecule has 2 aliphatic carbocycles. The van der Waals surface area contributed by atoms with Crippen LogP contribution in [0.5, 0.6) is 0 Å². The Morgan fingerprint density at radius 2 is 1.11 bits per heavy atom. The van der Waals surface area contributed by atoms with Crippen LogP contribution in [0, 0.1) is 0 Å². The van der Waals surface area contributed by atoms with Crippen molar-refractivity contribution in [3.05, 3.63) is 108 Å². The summed E-state index contributed by atoms with van der Waals surface area (Å²) in [6, 6.07) is 20.2. The first-order chi connectivity index (χ1) is 17.2. The van der Waals surface area contributed by atoms with E-state index in [0.29, 0.717) is 12.8 Å². The third kappa shape index (κ3) is 5.61. The SMILES string of the molecule is O=C=NC1(CCSCCC2(N=C=O)CC=CC=C2c2ccccc2)CC=CC=C1c1ccccc1. The summed E-state index contributed by atoms with van der Waals surface area (Å²) in [4.78, 5) is 31.5. The molecule has 0 aromatic heterocycles. The van der Waals surface area contributed by atoms with Crippen LogP contribution in [0.3, 0.4) is 0 Å². The van der Waals surface area contributed by atoms with E-state index in [2.05, 4.69) is 58.6 Å². The molecule has 0 amide bonds. The van der Waals surface area contributed by atoms with Crippen molar-refractivity contribution in [3.63, 3.8) is 0 Å². The van der Waals surface area contributed by atoms with Crippen molar-refractivity contribution in [1.82, 2.24) is 0 Å². The topological polar surface area (TPSA) is 58.9 Å². The summed E-state index contributed by atoms with van der Waals surface area (Å²) < 4.78 is 0. The third-order valence-electron chi connectivity index (χ3n) is 6.72. The standard InChI is InChI=1S/C30H28N2O2S/c33-23-31-29(17-9-7-15-27(29)25-11-3-1-4-12-25)19-21-35-22-20-30(32-24-34)18-10-8-16-28(30)26-13-5-2-6-14-26/h1-16H,17-22H2. The van der Waals surface area contributed by atoms with Crippen molar-refractivity contribution in [2.45, 2.75) is 36.8 Å². The van der Waals surface area contributed by atoms with Gasteiger partial charge in [-0.15, -0.1) is 0 Å². The van der Waals surface area contributed by atoms with Crippen LogP contribution in [0.2, 0.25) is 0 Å². The number of nitrogens with zero attached hydrogens (tertiary/aromatic N) is 2. The average Bonchev–Trinajstić information content (AvgIpc) is 2.90. The molecule has 0 radical (unpaired) electrons. The van der Waals surface area contributed by atoms with Crippen molar-refractivity contribution < 1.29 is 9.59 Å². The Hall–Kier alpha value is -3.49. The molecule has 2 aromatic carbocycles. The smallest absolute Gasteiger partial charge is 0.211 e. The van der Waals surface area contributed by atoms with Crippen LogP contribution in [0.25, 0.3) is 11.1 Å². The lowest BCUT2D eigenvalue weighted by Gasteiger charge is -2.33. The molecule has 0 saturated carbocycles. The Balaban J connectivity index is 1.45. The number of allylic oxidation sites excluding steroid dienone is 4. The highest BCUT2D eigenvalue weighted by molar-refractivity contribution is 7.99. The van der Waals surface area contributed by atoms with Gasteiger partial charge in [0.15, 0.2) is 0 Å². The lowest BCUT2D eigenvalue weighted by Crippen LogP contribution is -2.31. The van der Waals surface area contributed by atoms with Crippen LogP contribution in [-0.4, -0.2) is 34.7 Å². The van der Waals surface area contributed by atoms with Crippen LogP contribution in [0.1, 0.15) is 36.8 Å². The zero-order valence-corrected chi connectivity index (χ0v) is 20.4. The Labute approximate surface area is 211 Å². The Morgan fingerprint density at radius 1 is 0.686 bits per heavy atom. The van der Waals surface area contributed by atoms with Gasteiger partial charge in [0.2, 0.25) is 12.2 Å². The van der Waals surface area contributed by atoms with Gasteiger partial charge in [0.05, 0.1) is 0 Å². The van der Waals surface area contributed by atoms with E-state index in [-0.39, 0.29) is 0 Å². The number of thioether (sulfide) groups is 1. The van der Waals surface area contributed by atoms with Gasteiger partial charge in [-0.25, -0.2) is 9.59 Å². The van der Waals surface area contributed by atoms with Gasteiger partial charge in [0.25, 0.3) is 0 Å². The molecule has 2 aliphatic rings. The Morgan fingerprint density at radius 3 is 1.51 bits per heavy atom. The molecule has 0 bridgehead atoms. The summed E-state index contributed by atoms with van der Waals surface area (Å²) in [5, 5.41) is 0. The lowest BCUT2D eigenvalue weighted by atomic mass is 9.78. The van der Waals surface area contributed by atoms with E-state index in [0.717, 1.165) is 46.6 Å². The van der Waals surface area contributed by atoms with Gasteiger partial charge in [-0.3, -0.25) is 0 Å². The highest BCUT2D eigenvalue weighted by atomic mass is 32.2. The fraction of sp³-hybridized carbons (Fsp3) is 0.267. The predicted molar refractivity (Wildman–Crippen MR) is 145 cm³/mol. The van der Waals surface area contributed by atoms with Crippen molar-refractivity contribution in [2.24, 2.45) is 9.98 Å². The maximum Gasteiger partial charge on any atom is 0.235 e. The molecule has 4 nitrogen and oxygen atoms in total. The number of rotatable bonds is 10. The quantitative estimate of drug-likeness (QED) is 0.215. The number of benzene rings is 2. The van der Waals surface area contributed by atoms with Crippen LogP contribution < -0.4 is 0 Å². The van der Waals surface area contributed by atoms with Gasteiger partial charge in [0.1, 0.15) is 11.1 Å². The number of hydrogen-bond acceptors (Lipinski definition) is 5. The largest absolute Gasteiger partial charge is 0.235 e. The molecule has 176 valence electrons. The third-order valence-corrected chi connectivity index (χ3v) is 7.71. The van der Waals surface area contributed by atoms with E-state index >= 15 is 0 Å². The first-order valence-electron chi connectivity index (χ1n) is 11.8. The van der Waals surface area contributed by atoms with Gasteiger partial charge in [0, 0.05) is 0 Å². The van der Waals surface area contributed by atoms with E-state index in [4.69, 9.17) is 0 Å². The second kappa shape index (κ2) is 11.8. The number of hydrogen-bond donors (Lipinski definition) is 0. The predicted octanol–water partition coefficient (Wildman–Crippen LogP) is 6.74. The molecule has 2 unspecified atom stereocenters. The molecule has 0 spiro atoms. The molecule has 0 saturated heterocycles. The normalized spacial score (nSPS) is 23.0. The molecular formula is C30H28N2O2S. The van der Waals surface area contributed by atoms with E-state index in [9.17, 15) is 9.59 Å². The minimum absolute atomic E-state index is 0.605. The van der Waals surface area contributed by atoms with Gasteiger partial charge in [-0.1, -0.05) is 97.1 Å². The molecule has 4 rings (SSSR count). The summed E-state index contributed by atoms with van der Waals surface area (Å²) >= 11 is 1.80. The number of carbonyl (C=O) groups excluding carboxylic acids is 2. The van der Waals surface area contributed by atoms with E-state index in [1.54, 1.807) is 11.8 Å². The molecule has 0 aliphatic heterocycles. The first kappa shape index (κ1) is 24.6. The second-order valence-corrected chi connectivity index (χ2v) is 9.96. The minimum Gasteiger partial charge on any atom is -0.211 e. The first-order valence-corrected chi connectivity index (χ1v) is 13.0. The van der Waals surface area contributed by atoms with Crippen LogP contribution >= 0.6 is 11.8 Å². The van der Waals surface area contributed by atoms with Crippen molar-refractivity contribution >= 4 is 35.1 Å². The van der Waals surface area contributed by atoms with Crippen LogP contribution in [-0.2, 0) is 9.59 Å². The Kier molecular flexibility index (Phi) is 8.28. The fourth-order valence-corrected chi connectivity index (χ4v) is 6.07. The van der Waals surface area contributed by atoms with Gasteiger partial charge >= 0.3 is 0 Å². The number of isocyanates is 2. The molecule has 2 aromatic rings. The molecule has 35 heavy (non-hydrogen) atoms. The van der Waals surface area contributed by atoms with Crippen molar-refractivity contribution in [3.8, 4) is 0 Å². The molecule has 0 fully saturated rings. The Bertz CT molecular complexity index is 1140. The summed E-state index contributed by atoms with van der Waals surface area (Å²) in [5.74, 6) is 1.65.